The lowest BCUT2D eigenvalue weighted by atomic mass is 10.3. The minimum Gasteiger partial charge on any atom is -0.398 e. The molecule has 2 N–H and O–H groups in total. The fourth-order valence-corrected chi connectivity index (χ4v) is 2.38. The van der Waals surface area contributed by atoms with Crippen LogP contribution in [0.4, 0.5) is 5.69 Å². The van der Waals surface area contributed by atoms with Gasteiger partial charge in [0.1, 0.15) is 0 Å². The lowest BCUT2D eigenvalue weighted by Crippen LogP contribution is -2.17. The molecule has 0 aliphatic carbocycles. The van der Waals surface area contributed by atoms with E-state index in [0.717, 1.165) is 0 Å². The van der Waals surface area contributed by atoms with Crippen LogP contribution in [0.3, 0.4) is 0 Å². The number of hydrogen-bond donors (Lipinski definition) is 1. The Morgan fingerprint density at radius 3 is 2.71 bits per heavy atom. The number of benzene rings is 1. The summed E-state index contributed by atoms with van der Waals surface area (Å²) in [5, 5.41) is -0.0373. The topological polar surface area (TPSA) is 52.3 Å². The second-order valence-corrected chi connectivity index (χ2v) is 4.94. The Labute approximate surface area is 86.7 Å². The van der Waals surface area contributed by atoms with Crippen molar-refractivity contribution in [2.24, 2.45) is 0 Å². The standard InChI is InChI=1S/C10H15NO2S/c1-8(7-13-2)14(12)10-6-4-3-5-9(10)11/h3-6,8H,7,11H2,1-2H3. The summed E-state index contributed by atoms with van der Waals surface area (Å²) in [6, 6.07) is 7.21. The molecule has 2 unspecified atom stereocenters. The van der Waals surface area contributed by atoms with Crippen LogP contribution < -0.4 is 5.73 Å². The van der Waals surface area contributed by atoms with Gasteiger partial charge in [-0.1, -0.05) is 12.1 Å². The van der Waals surface area contributed by atoms with Crippen LogP contribution in [0, 0.1) is 0 Å². The van der Waals surface area contributed by atoms with Crippen LogP contribution in [0.1, 0.15) is 6.92 Å². The molecule has 3 nitrogen and oxygen atoms in total. The van der Waals surface area contributed by atoms with Gasteiger partial charge in [0.05, 0.1) is 27.6 Å². The van der Waals surface area contributed by atoms with Crippen molar-refractivity contribution < 1.29 is 8.95 Å². The molecular formula is C10H15NO2S. The van der Waals surface area contributed by atoms with E-state index in [9.17, 15) is 4.21 Å². The molecule has 4 heteroatoms. The van der Waals surface area contributed by atoms with E-state index in [0.29, 0.717) is 17.2 Å². The van der Waals surface area contributed by atoms with E-state index >= 15 is 0 Å². The first kappa shape index (κ1) is 11.2. The number of nitrogens with two attached hydrogens (primary N) is 1. The van der Waals surface area contributed by atoms with E-state index in [-0.39, 0.29) is 5.25 Å². The molecule has 2 atom stereocenters. The van der Waals surface area contributed by atoms with Crippen LogP contribution in [0.2, 0.25) is 0 Å². The summed E-state index contributed by atoms with van der Waals surface area (Å²) in [6.07, 6.45) is 0. The maximum absolute atomic E-state index is 11.9. The molecule has 1 rings (SSSR count). The Balaban J connectivity index is 2.84. The van der Waals surface area contributed by atoms with Gasteiger partial charge in [0, 0.05) is 12.8 Å². The van der Waals surface area contributed by atoms with Crippen molar-refractivity contribution in [2.75, 3.05) is 19.5 Å². The molecule has 1 aromatic rings. The predicted octanol–water partition coefficient (Wildman–Crippen LogP) is 1.41. The Morgan fingerprint density at radius 1 is 1.50 bits per heavy atom. The summed E-state index contributed by atoms with van der Waals surface area (Å²) in [7, 11) is 0.510. The third kappa shape index (κ3) is 2.56. The van der Waals surface area contributed by atoms with Crippen molar-refractivity contribution in [3.05, 3.63) is 24.3 Å². The zero-order valence-electron chi connectivity index (χ0n) is 8.40. The highest BCUT2D eigenvalue weighted by atomic mass is 32.2. The van der Waals surface area contributed by atoms with Gasteiger partial charge in [-0.05, 0) is 19.1 Å². The van der Waals surface area contributed by atoms with E-state index in [1.165, 1.54) is 0 Å². The van der Waals surface area contributed by atoms with E-state index in [4.69, 9.17) is 10.5 Å². The number of para-hydroxylation sites is 1. The molecule has 0 aliphatic rings. The van der Waals surface area contributed by atoms with Crippen LogP contribution in [-0.4, -0.2) is 23.2 Å². The average molecular weight is 213 g/mol. The highest BCUT2D eigenvalue weighted by molar-refractivity contribution is 7.85. The monoisotopic (exact) mass is 213 g/mol. The Morgan fingerprint density at radius 2 is 2.14 bits per heavy atom. The van der Waals surface area contributed by atoms with Crippen molar-refractivity contribution in [1.29, 1.82) is 0 Å². The molecule has 14 heavy (non-hydrogen) atoms. The highest BCUT2D eigenvalue weighted by Crippen LogP contribution is 2.18. The second kappa shape index (κ2) is 5.12. The van der Waals surface area contributed by atoms with Gasteiger partial charge in [-0.2, -0.15) is 0 Å². The van der Waals surface area contributed by atoms with Gasteiger partial charge in [0.15, 0.2) is 0 Å². The number of methoxy groups -OCH3 is 1. The number of anilines is 1. The minimum atomic E-state index is -1.09. The molecule has 0 spiro atoms. The van der Waals surface area contributed by atoms with Crippen LogP contribution in [-0.2, 0) is 15.5 Å². The second-order valence-electron chi connectivity index (χ2n) is 3.10. The maximum Gasteiger partial charge on any atom is 0.0621 e. The average Bonchev–Trinajstić information content (AvgIpc) is 2.18. The first-order chi connectivity index (χ1) is 6.66. The van der Waals surface area contributed by atoms with Crippen LogP contribution >= 0.6 is 0 Å². The summed E-state index contributed by atoms with van der Waals surface area (Å²) in [4.78, 5) is 0.692. The summed E-state index contributed by atoms with van der Waals surface area (Å²) < 4.78 is 16.9. The van der Waals surface area contributed by atoms with Crippen LogP contribution in [0.15, 0.2) is 29.2 Å². The van der Waals surface area contributed by atoms with Gasteiger partial charge >= 0.3 is 0 Å². The molecular weight excluding hydrogens is 198 g/mol. The minimum absolute atomic E-state index is 0.0373. The molecule has 0 aliphatic heterocycles. The normalized spacial score (nSPS) is 15.0. The fraction of sp³-hybridized carbons (Fsp3) is 0.400. The molecule has 1 aromatic carbocycles. The largest absolute Gasteiger partial charge is 0.398 e. The lowest BCUT2D eigenvalue weighted by Gasteiger charge is -2.11. The van der Waals surface area contributed by atoms with Gasteiger partial charge in [0.2, 0.25) is 0 Å². The van der Waals surface area contributed by atoms with Crippen LogP contribution in [0.25, 0.3) is 0 Å². The lowest BCUT2D eigenvalue weighted by molar-refractivity contribution is 0.202. The molecule has 0 bridgehead atoms. The van der Waals surface area contributed by atoms with Gasteiger partial charge < -0.3 is 10.5 Å². The summed E-state index contributed by atoms with van der Waals surface area (Å²) in [5.41, 5.74) is 6.30. The quantitative estimate of drug-likeness (QED) is 0.769. The number of nitrogen functional groups attached to an aromatic ring is 1. The van der Waals surface area contributed by atoms with Gasteiger partial charge in [-0.3, -0.25) is 4.21 Å². The van der Waals surface area contributed by atoms with Crippen molar-refractivity contribution in [3.63, 3.8) is 0 Å². The van der Waals surface area contributed by atoms with E-state index in [2.05, 4.69) is 0 Å². The summed E-state index contributed by atoms with van der Waals surface area (Å²) >= 11 is 0. The fourth-order valence-electron chi connectivity index (χ4n) is 1.18. The predicted molar refractivity (Wildman–Crippen MR) is 58.6 cm³/mol. The van der Waals surface area contributed by atoms with E-state index in [1.54, 1.807) is 19.2 Å². The highest BCUT2D eigenvalue weighted by Gasteiger charge is 2.14. The third-order valence-corrected chi connectivity index (χ3v) is 3.57. The van der Waals surface area contributed by atoms with Gasteiger partial charge in [0.25, 0.3) is 0 Å². The first-order valence-corrected chi connectivity index (χ1v) is 5.62. The zero-order chi connectivity index (χ0) is 10.6. The molecule has 0 fully saturated rings. The van der Waals surface area contributed by atoms with Crippen molar-refractivity contribution in [1.82, 2.24) is 0 Å². The smallest absolute Gasteiger partial charge is 0.0621 e. The zero-order valence-corrected chi connectivity index (χ0v) is 9.21. The molecule has 0 aromatic heterocycles. The third-order valence-electron chi connectivity index (χ3n) is 1.90. The SMILES string of the molecule is COCC(C)S(=O)c1ccccc1N. The van der Waals surface area contributed by atoms with Gasteiger partial charge in [-0.25, -0.2) is 0 Å². The van der Waals surface area contributed by atoms with Gasteiger partial charge in [-0.15, -0.1) is 0 Å². The van der Waals surface area contributed by atoms with Crippen LogP contribution in [0.5, 0.6) is 0 Å². The first-order valence-electron chi connectivity index (χ1n) is 4.41. The molecule has 0 radical (unpaired) electrons. The van der Waals surface area contributed by atoms with E-state index < -0.39 is 10.8 Å². The van der Waals surface area contributed by atoms with Crippen molar-refractivity contribution in [3.8, 4) is 0 Å². The number of ether oxygens (including phenoxy) is 1. The number of hydrogen-bond acceptors (Lipinski definition) is 3. The Kier molecular flexibility index (Phi) is 4.10. The Bertz CT molecular complexity index is 328. The molecule has 0 amide bonds. The molecule has 0 saturated heterocycles. The summed E-state index contributed by atoms with van der Waals surface area (Å²) in [6.45, 7) is 2.35. The number of rotatable bonds is 4. The van der Waals surface area contributed by atoms with E-state index in [1.807, 2.05) is 19.1 Å². The maximum atomic E-state index is 11.9. The molecule has 0 saturated carbocycles. The Hall–Kier alpha value is -0.870. The van der Waals surface area contributed by atoms with Crippen molar-refractivity contribution >= 4 is 16.5 Å². The van der Waals surface area contributed by atoms with Crippen molar-refractivity contribution in [2.45, 2.75) is 17.1 Å². The molecule has 0 heterocycles. The molecule has 78 valence electrons. The summed E-state index contributed by atoms with van der Waals surface area (Å²) in [5.74, 6) is 0.